The Morgan fingerprint density at radius 2 is 1.10 bits per heavy atom. The Balaban J connectivity index is 4.07. The lowest BCUT2D eigenvalue weighted by atomic mass is 9.90. The van der Waals surface area contributed by atoms with Gasteiger partial charge in [0.1, 0.15) is 11.6 Å². The first-order valence-corrected chi connectivity index (χ1v) is 3.47. The molecule has 0 spiro atoms. The van der Waals surface area contributed by atoms with Gasteiger partial charge in [0, 0.05) is 11.8 Å². The molecule has 2 heteroatoms. The van der Waals surface area contributed by atoms with Gasteiger partial charge in [-0.3, -0.25) is 9.59 Å². The van der Waals surface area contributed by atoms with Crippen molar-refractivity contribution in [1.29, 1.82) is 0 Å². The number of hydrogen-bond acceptors (Lipinski definition) is 2. The molecular formula is C8H14O2. The third kappa shape index (κ3) is 2.29. The summed E-state index contributed by atoms with van der Waals surface area (Å²) in [4.78, 5) is 21.5. The molecule has 0 aromatic heterocycles. The SMILES string of the molecule is CC(=O)C(C)C(C)C(C)=O. The number of ketones is 2. The minimum absolute atomic E-state index is 0.0858. The highest BCUT2D eigenvalue weighted by molar-refractivity contribution is 5.86. The van der Waals surface area contributed by atoms with Gasteiger partial charge in [-0.25, -0.2) is 0 Å². The van der Waals surface area contributed by atoms with Crippen molar-refractivity contribution in [2.24, 2.45) is 11.8 Å². The lowest BCUT2D eigenvalue weighted by Gasteiger charge is -2.12. The standard InChI is InChI=1S/C8H14O2/c1-5(7(3)9)6(2)8(4)10/h5-6H,1-4H3. The minimum Gasteiger partial charge on any atom is -0.300 e. The van der Waals surface area contributed by atoms with Crippen LogP contribution in [0.3, 0.4) is 0 Å². The van der Waals surface area contributed by atoms with E-state index in [9.17, 15) is 9.59 Å². The quantitative estimate of drug-likeness (QED) is 0.597. The van der Waals surface area contributed by atoms with E-state index in [0.717, 1.165) is 0 Å². The first-order chi connectivity index (χ1) is 4.46. The largest absolute Gasteiger partial charge is 0.300 e. The van der Waals surface area contributed by atoms with Crippen LogP contribution >= 0.6 is 0 Å². The second-order valence-corrected chi connectivity index (χ2v) is 2.80. The molecule has 0 fully saturated rings. The molecule has 0 amide bonds. The van der Waals surface area contributed by atoms with Crippen LogP contribution in [0.2, 0.25) is 0 Å². The molecule has 0 aromatic rings. The van der Waals surface area contributed by atoms with E-state index in [4.69, 9.17) is 0 Å². The fourth-order valence-corrected chi connectivity index (χ4v) is 0.704. The molecule has 0 aliphatic carbocycles. The fourth-order valence-electron chi connectivity index (χ4n) is 0.704. The third-order valence-corrected chi connectivity index (χ3v) is 2.03. The smallest absolute Gasteiger partial charge is 0.133 e. The number of carbonyl (C=O) groups excluding carboxylic acids is 2. The molecule has 2 unspecified atom stereocenters. The minimum atomic E-state index is -0.127. The number of Topliss-reactive ketones (excluding diaryl/α,β-unsaturated/α-hetero) is 2. The molecule has 2 atom stereocenters. The summed E-state index contributed by atoms with van der Waals surface area (Å²) in [5.41, 5.74) is 0. The summed E-state index contributed by atoms with van der Waals surface area (Å²) in [7, 11) is 0. The molecule has 0 rings (SSSR count). The summed E-state index contributed by atoms with van der Waals surface area (Å²) < 4.78 is 0. The zero-order valence-corrected chi connectivity index (χ0v) is 6.97. The average Bonchev–Trinajstić information content (AvgIpc) is 1.84. The molecule has 0 saturated carbocycles. The highest BCUT2D eigenvalue weighted by Gasteiger charge is 2.19. The van der Waals surface area contributed by atoms with Crippen molar-refractivity contribution in [1.82, 2.24) is 0 Å². The van der Waals surface area contributed by atoms with Crippen molar-refractivity contribution < 1.29 is 9.59 Å². The van der Waals surface area contributed by atoms with Crippen LogP contribution in [0.4, 0.5) is 0 Å². The Hall–Kier alpha value is -0.660. The van der Waals surface area contributed by atoms with Gasteiger partial charge in [-0.2, -0.15) is 0 Å². The van der Waals surface area contributed by atoms with Gasteiger partial charge < -0.3 is 0 Å². The van der Waals surface area contributed by atoms with Gasteiger partial charge in [0.25, 0.3) is 0 Å². The summed E-state index contributed by atoms with van der Waals surface area (Å²) in [5, 5.41) is 0. The first-order valence-electron chi connectivity index (χ1n) is 3.47. The summed E-state index contributed by atoms with van der Waals surface area (Å²) in [6.45, 7) is 6.61. The van der Waals surface area contributed by atoms with Gasteiger partial charge in [-0.1, -0.05) is 13.8 Å². The van der Waals surface area contributed by atoms with Crippen LogP contribution in [0.15, 0.2) is 0 Å². The topological polar surface area (TPSA) is 34.1 Å². The summed E-state index contributed by atoms with van der Waals surface area (Å²) >= 11 is 0. The van der Waals surface area contributed by atoms with Crippen LogP contribution in [0.25, 0.3) is 0 Å². The van der Waals surface area contributed by atoms with E-state index in [-0.39, 0.29) is 23.4 Å². The molecule has 0 aliphatic rings. The Morgan fingerprint density at radius 1 is 0.900 bits per heavy atom. The predicted molar refractivity (Wildman–Crippen MR) is 39.7 cm³/mol. The monoisotopic (exact) mass is 142 g/mol. The van der Waals surface area contributed by atoms with E-state index in [1.54, 1.807) is 13.8 Å². The summed E-state index contributed by atoms with van der Waals surface area (Å²) in [6.07, 6.45) is 0. The van der Waals surface area contributed by atoms with E-state index >= 15 is 0 Å². The van der Waals surface area contributed by atoms with Crippen molar-refractivity contribution in [2.45, 2.75) is 27.7 Å². The highest BCUT2D eigenvalue weighted by atomic mass is 16.1. The van der Waals surface area contributed by atoms with Crippen molar-refractivity contribution >= 4 is 11.6 Å². The zero-order valence-electron chi connectivity index (χ0n) is 6.97. The van der Waals surface area contributed by atoms with E-state index in [0.29, 0.717) is 0 Å². The van der Waals surface area contributed by atoms with E-state index < -0.39 is 0 Å². The maximum Gasteiger partial charge on any atom is 0.133 e. The maximum atomic E-state index is 10.7. The van der Waals surface area contributed by atoms with E-state index in [1.807, 2.05) is 0 Å². The van der Waals surface area contributed by atoms with Crippen LogP contribution in [-0.4, -0.2) is 11.6 Å². The molecule has 0 saturated heterocycles. The number of carbonyl (C=O) groups is 2. The Labute approximate surface area is 61.6 Å². The third-order valence-electron chi connectivity index (χ3n) is 2.03. The van der Waals surface area contributed by atoms with Gasteiger partial charge in [0.05, 0.1) is 0 Å². The Kier molecular flexibility index (Phi) is 3.26. The maximum absolute atomic E-state index is 10.7. The zero-order chi connectivity index (χ0) is 8.31. The molecule has 0 radical (unpaired) electrons. The molecule has 2 nitrogen and oxygen atoms in total. The fraction of sp³-hybridized carbons (Fsp3) is 0.750. The lowest BCUT2D eigenvalue weighted by Crippen LogP contribution is -2.21. The molecule has 0 heterocycles. The van der Waals surface area contributed by atoms with Crippen LogP contribution in [0.1, 0.15) is 27.7 Å². The number of hydrogen-bond donors (Lipinski definition) is 0. The van der Waals surface area contributed by atoms with E-state index in [2.05, 4.69) is 0 Å². The van der Waals surface area contributed by atoms with Gasteiger partial charge in [-0.05, 0) is 13.8 Å². The molecule has 58 valence electrons. The lowest BCUT2D eigenvalue weighted by molar-refractivity contribution is -0.128. The van der Waals surface area contributed by atoms with Crippen LogP contribution in [0.5, 0.6) is 0 Å². The Morgan fingerprint density at radius 3 is 1.20 bits per heavy atom. The van der Waals surface area contributed by atoms with Gasteiger partial charge >= 0.3 is 0 Å². The van der Waals surface area contributed by atoms with Gasteiger partial charge in [0.15, 0.2) is 0 Å². The first kappa shape index (κ1) is 9.34. The molecule has 0 bridgehead atoms. The summed E-state index contributed by atoms with van der Waals surface area (Å²) in [6, 6.07) is 0. The van der Waals surface area contributed by atoms with Crippen LogP contribution < -0.4 is 0 Å². The van der Waals surface area contributed by atoms with Crippen molar-refractivity contribution in [3.8, 4) is 0 Å². The number of rotatable bonds is 3. The average molecular weight is 142 g/mol. The second kappa shape index (κ2) is 3.49. The van der Waals surface area contributed by atoms with Gasteiger partial charge in [0.2, 0.25) is 0 Å². The normalized spacial score (nSPS) is 16.0. The van der Waals surface area contributed by atoms with Gasteiger partial charge in [-0.15, -0.1) is 0 Å². The summed E-state index contributed by atoms with van der Waals surface area (Å²) in [5.74, 6) is -0.0830. The Bertz CT molecular complexity index is 131. The van der Waals surface area contributed by atoms with Crippen molar-refractivity contribution in [3.05, 3.63) is 0 Å². The predicted octanol–water partition coefficient (Wildman–Crippen LogP) is 1.44. The molecular weight excluding hydrogens is 128 g/mol. The van der Waals surface area contributed by atoms with E-state index in [1.165, 1.54) is 13.8 Å². The molecule has 10 heavy (non-hydrogen) atoms. The van der Waals surface area contributed by atoms with Crippen LogP contribution in [-0.2, 0) is 9.59 Å². The van der Waals surface area contributed by atoms with Crippen molar-refractivity contribution in [2.75, 3.05) is 0 Å². The van der Waals surface area contributed by atoms with Crippen LogP contribution in [0, 0.1) is 11.8 Å². The van der Waals surface area contributed by atoms with Crippen molar-refractivity contribution in [3.63, 3.8) is 0 Å². The highest BCUT2D eigenvalue weighted by Crippen LogP contribution is 2.12. The molecule has 0 N–H and O–H groups in total. The molecule has 0 aliphatic heterocycles. The molecule has 0 aromatic carbocycles. The second-order valence-electron chi connectivity index (χ2n) is 2.80.